The average molecular weight is 280 g/mol. The molecule has 0 spiro atoms. The van der Waals surface area contributed by atoms with E-state index < -0.39 is 9.84 Å². The number of hydrogen-bond donors (Lipinski definition) is 0. The van der Waals surface area contributed by atoms with Gasteiger partial charge in [0.25, 0.3) is 0 Å². The molecule has 2 nitrogen and oxygen atoms in total. The van der Waals surface area contributed by atoms with Crippen molar-refractivity contribution in [1.29, 1.82) is 0 Å². The predicted octanol–water partition coefficient (Wildman–Crippen LogP) is 3.35. The van der Waals surface area contributed by atoms with Crippen molar-refractivity contribution in [3.63, 3.8) is 0 Å². The molecule has 20 heavy (non-hydrogen) atoms. The molecule has 0 aliphatic carbocycles. The maximum atomic E-state index is 11.3. The number of hydrogen-bond acceptors (Lipinski definition) is 2. The lowest BCUT2D eigenvalue weighted by Crippen LogP contribution is -1.90. The molecule has 3 aromatic rings. The first kappa shape index (κ1) is 12.7. The Morgan fingerprint density at radius 2 is 1.35 bits per heavy atom. The molecule has 0 saturated carbocycles. The Balaban J connectivity index is 2.48. The Hall–Kier alpha value is -2.31. The highest BCUT2D eigenvalue weighted by Crippen LogP contribution is 2.27. The Bertz CT molecular complexity index is 920. The highest BCUT2D eigenvalue weighted by atomic mass is 32.2. The molecule has 98 valence electrons. The van der Waals surface area contributed by atoms with Crippen LogP contribution in [0.1, 0.15) is 5.56 Å². The quantitative estimate of drug-likeness (QED) is 0.467. The number of benzene rings is 3. The lowest BCUT2D eigenvalue weighted by Gasteiger charge is -2.06. The third-order valence-electron chi connectivity index (χ3n) is 3.13. The third kappa shape index (κ3) is 2.38. The summed E-state index contributed by atoms with van der Waals surface area (Å²) in [7, 11) is -3.32. The molecule has 0 amide bonds. The fraction of sp³-hybridized carbons (Fsp3) is 0.0588. The molecule has 0 atom stereocenters. The Morgan fingerprint density at radius 1 is 0.850 bits per heavy atom. The van der Waals surface area contributed by atoms with E-state index in [-0.39, 0.29) is 0 Å². The van der Waals surface area contributed by atoms with Crippen LogP contribution in [0.2, 0.25) is 0 Å². The van der Waals surface area contributed by atoms with Crippen molar-refractivity contribution in [2.75, 3.05) is 6.26 Å². The van der Waals surface area contributed by atoms with E-state index in [1.54, 1.807) is 0 Å². The third-order valence-corrected chi connectivity index (χ3v) is 3.61. The molecule has 0 unspecified atom stereocenters. The SMILES string of the molecule is CS(=O)(=O)C#Cc1c2ccccc2cc2ccccc12. The van der Waals surface area contributed by atoms with E-state index in [4.69, 9.17) is 0 Å². The van der Waals surface area contributed by atoms with Gasteiger partial charge in [-0.15, -0.1) is 0 Å². The van der Waals surface area contributed by atoms with Crippen molar-refractivity contribution in [3.05, 3.63) is 60.2 Å². The first-order valence-electron chi connectivity index (χ1n) is 6.18. The summed E-state index contributed by atoms with van der Waals surface area (Å²) in [5.41, 5.74) is 0.768. The summed E-state index contributed by atoms with van der Waals surface area (Å²) in [6, 6.07) is 17.8. The van der Waals surface area contributed by atoms with Crippen LogP contribution in [-0.4, -0.2) is 14.7 Å². The molecule has 0 bridgehead atoms. The highest BCUT2D eigenvalue weighted by Gasteiger charge is 2.05. The lowest BCUT2D eigenvalue weighted by molar-refractivity contribution is 0.611. The van der Waals surface area contributed by atoms with E-state index >= 15 is 0 Å². The zero-order valence-electron chi connectivity index (χ0n) is 10.9. The van der Waals surface area contributed by atoms with Gasteiger partial charge in [0.1, 0.15) is 0 Å². The summed E-state index contributed by atoms with van der Waals surface area (Å²) in [5.74, 6) is 2.83. The largest absolute Gasteiger partial charge is 0.216 e. The fourth-order valence-electron chi connectivity index (χ4n) is 2.29. The molecular formula is C17H12O2S. The minimum absolute atomic E-state index is 0.768. The summed E-state index contributed by atoms with van der Waals surface area (Å²) in [6.45, 7) is 0. The normalized spacial score (nSPS) is 11.2. The van der Waals surface area contributed by atoms with Gasteiger partial charge in [0.05, 0.1) is 6.26 Å². The summed E-state index contributed by atoms with van der Waals surface area (Å²) >= 11 is 0. The van der Waals surface area contributed by atoms with Gasteiger partial charge in [-0.2, -0.15) is 0 Å². The van der Waals surface area contributed by atoms with Crippen LogP contribution >= 0.6 is 0 Å². The molecule has 3 heteroatoms. The number of rotatable bonds is 0. The molecule has 3 aromatic carbocycles. The molecule has 0 N–H and O–H groups in total. The fourth-order valence-corrected chi connectivity index (χ4v) is 2.58. The summed E-state index contributed by atoms with van der Waals surface area (Å²) in [5, 5.41) is 6.41. The lowest BCUT2D eigenvalue weighted by atomic mass is 9.97. The van der Waals surface area contributed by atoms with E-state index in [0.29, 0.717) is 0 Å². The van der Waals surface area contributed by atoms with Gasteiger partial charge in [-0.1, -0.05) is 48.5 Å². The van der Waals surface area contributed by atoms with Gasteiger partial charge in [0.15, 0.2) is 0 Å². The summed E-state index contributed by atoms with van der Waals surface area (Å²) < 4.78 is 22.6. The summed E-state index contributed by atoms with van der Waals surface area (Å²) in [6.07, 6.45) is 1.12. The maximum Gasteiger partial charge on any atom is 0.214 e. The van der Waals surface area contributed by atoms with Gasteiger partial charge in [-0.25, -0.2) is 8.42 Å². The topological polar surface area (TPSA) is 34.1 Å². The van der Waals surface area contributed by atoms with Crippen molar-refractivity contribution in [3.8, 4) is 11.2 Å². The zero-order valence-corrected chi connectivity index (χ0v) is 11.7. The minimum atomic E-state index is -3.32. The minimum Gasteiger partial charge on any atom is -0.216 e. The van der Waals surface area contributed by atoms with Gasteiger partial charge in [0.2, 0.25) is 9.84 Å². The second-order valence-corrected chi connectivity index (χ2v) is 6.44. The first-order valence-corrected chi connectivity index (χ1v) is 8.07. The maximum absolute atomic E-state index is 11.3. The van der Waals surface area contributed by atoms with Gasteiger partial charge in [0, 0.05) is 10.8 Å². The van der Waals surface area contributed by atoms with Gasteiger partial charge < -0.3 is 0 Å². The molecule has 0 heterocycles. The van der Waals surface area contributed by atoms with Gasteiger partial charge in [-0.05, 0) is 33.5 Å². The van der Waals surface area contributed by atoms with Crippen LogP contribution in [0.3, 0.4) is 0 Å². The first-order chi connectivity index (χ1) is 9.54. The van der Waals surface area contributed by atoms with Crippen LogP contribution in [0.15, 0.2) is 54.6 Å². The Kier molecular flexibility index (Phi) is 2.96. The second kappa shape index (κ2) is 4.66. The van der Waals surface area contributed by atoms with E-state index in [0.717, 1.165) is 33.4 Å². The van der Waals surface area contributed by atoms with E-state index in [2.05, 4.69) is 17.2 Å². The highest BCUT2D eigenvalue weighted by molar-refractivity contribution is 7.95. The van der Waals surface area contributed by atoms with E-state index in [1.807, 2.05) is 48.5 Å². The summed E-state index contributed by atoms with van der Waals surface area (Å²) in [4.78, 5) is 0. The predicted molar refractivity (Wildman–Crippen MR) is 83.2 cm³/mol. The van der Waals surface area contributed by atoms with E-state index in [1.165, 1.54) is 0 Å². The van der Waals surface area contributed by atoms with Crippen LogP contribution < -0.4 is 0 Å². The van der Waals surface area contributed by atoms with Crippen molar-refractivity contribution in [2.24, 2.45) is 0 Å². The molecule has 0 radical (unpaired) electrons. The monoisotopic (exact) mass is 280 g/mol. The molecular weight excluding hydrogens is 268 g/mol. The van der Waals surface area contributed by atoms with Crippen LogP contribution in [0, 0.1) is 11.2 Å². The number of sulfone groups is 1. The van der Waals surface area contributed by atoms with Crippen LogP contribution in [0.5, 0.6) is 0 Å². The van der Waals surface area contributed by atoms with Crippen molar-refractivity contribution < 1.29 is 8.42 Å². The molecule has 0 aromatic heterocycles. The second-order valence-electron chi connectivity index (χ2n) is 4.69. The number of fused-ring (bicyclic) bond motifs is 2. The smallest absolute Gasteiger partial charge is 0.214 e. The van der Waals surface area contributed by atoms with Gasteiger partial charge in [-0.3, -0.25) is 0 Å². The van der Waals surface area contributed by atoms with E-state index in [9.17, 15) is 8.42 Å². The van der Waals surface area contributed by atoms with Crippen molar-refractivity contribution in [1.82, 2.24) is 0 Å². The molecule has 0 fully saturated rings. The Morgan fingerprint density at radius 3 is 1.85 bits per heavy atom. The molecule has 0 aliphatic rings. The standard InChI is InChI=1S/C17H12O2S/c1-20(18,19)11-10-17-15-8-4-2-6-13(15)12-14-7-3-5-9-16(14)17/h2-9,12H,1H3. The van der Waals surface area contributed by atoms with Crippen LogP contribution in [0.4, 0.5) is 0 Å². The average Bonchev–Trinajstić information content (AvgIpc) is 2.42. The van der Waals surface area contributed by atoms with Gasteiger partial charge >= 0.3 is 0 Å². The van der Waals surface area contributed by atoms with Crippen LogP contribution in [-0.2, 0) is 9.84 Å². The van der Waals surface area contributed by atoms with Crippen molar-refractivity contribution >= 4 is 31.4 Å². The Labute approximate surface area is 118 Å². The molecule has 0 saturated heterocycles. The van der Waals surface area contributed by atoms with Crippen LogP contribution in [0.25, 0.3) is 21.5 Å². The zero-order chi connectivity index (χ0) is 14.2. The molecule has 0 aliphatic heterocycles. The van der Waals surface area contributed by atoms with Crippen molar-refractivity contribution in [2.45, 2.75) is 0 Å². The molecule has 3 rings (SSSR count).